The molecule has 4 aliphatic heterocycles. The third kappa shape index (κ3) is 2.78. The Hall–Kier alpha value is -3.40. The first-order chi connectivity index (χ1) is 12.1. The second-order valence-electron chi connectivity index (χ2n) is 6.10. The molecule has 4 aliphatic rings. The summed E-state index contributed by atoms with van der Waals surface area (Å²) in [7, 11) is 0. The Morgan fingerprint density at radius 2 is 1.28 bits per heavy atom. The molecule has 7 rings (SSSR count). The van der Waals surface area contributed by atoms with Gasteiger partial charge >= 0.3 is 0 Å². The lowest BCUT2D eigenvalue weighted by atomic mass is 10.0. The van der Waals surface area contributed by atoms with Gasteiger partial charge in [-0.2, -0.15) is 0 Å². The first-order valence-electron chi connectivity index (χ1n) is 8.04. The summed E-state index contributed by atoms with van der Waals surface area (Å²) in [4.78, 5) is 26.3. The number of primary amides is 1. The van der Waals surface area contributed by atoms with Crippen LogP contribution in [0, 0.1) is 0 Å². The predicted molar refractivity (Wildman–Crippen MR) is 97.1 cm³/mol. The van der Waals surface area contributed by atoms with Gasteiger partial charge in [-0.1, -0.05) is 30.3 Å². The number of benzene rings is 3. The van der Waals surface area contributed by atoms with Crippen LogP contribution < -0.4 is 10.6 Å². The maximum Gasteiger partial charge on any atom is 0.262 e. The summed E-state index contributed by atoms with van der Waals surface area (Å²) in [5.74, 6) is -0.756. The van der Waals surface area contributed by atoms with Gasteiger partial charge < -0.3 is 5.73 Å². The number of carbonyl (C=O) groups excluding carboxylic acids is 2. The Bertz CT molecular complexity index is 914. The normalized spacial score (nSPS) is 12.2. The lowest BCUT2D eigenvalue weighted by molar-refractivity contribution is 0.0998. The molecule has 0 aromatic heterocycles. The second-order valence-corrected chi connectivity index (χ2v) is 6.10. The summed E-state index contributed by atoms with van der Waals surface area (Å²) in [5.41, 5.74) is 10.0. The van der Waals surface area contributed by atoms with Crippen LogP contribution in [-0.4, -0.2) is 11.8 Å². The lowest BCUT2D eigenvalue weighted by Crippen LogP contribution is -2.26. The highest BCUT2D eigenvalue weighted by atomic mass is 16.2. The number of carbonyl (C=O) groups is 2. The van der Waals surface area contributed by atoms with E-state index < -0.39 is 5.91 Å². The Morgan fingerprint density at radius 3 is 1.80 bits per heavy atom. The van der Waals surface area contributed by atoms with Crippen molar-refractivity contribution >= 4 is 23.2 Å². The molecule has 0 saturated carbocycles. The average molecular weight is 328 g/mol. The van der Waals surface area contributed by atoms with Gasteiger partial charge in [-0.05, 0) is 60.0 Å². The van der Waals surface area contributed by atoms with E-state index >= 15 is 0 Å². The van der Waals surface area contributed by atoms with E-state index in [0.29, 0.717) is 11.1 Å². The highest BCUT2D eigenvalue weighted by Crippen LogP contribution is 2.30. The van der Waals surface area contributed by atoms with Crippen molar-refractivity contribution in [3.63, 3.8) is 0 Å². The first-order valence-corrected chi connectivity index (χ1v) is 8.04. The number of hydrogen-bond acceptors (Lipinski definition) is 2. The number of nitrogens with two attached hydrogens (primary N) is 1. The smallest absolute Gasteiger partial charge is 0.262 e. The molecule has 3 aromatic carbocycles. The van der Waals surface area contributed by atoms with Crippen molar-refractivity contribution in [3.8, 4) is 0 Å². The molecule has 0 radical (unpaired) electrons. The zero-order valence-electron chi connectivity index (χ0n) is 13.5. The molecule has 2 N–H and O–H groups in total. The van der Waals surface area contributed by atoms with E-state index in [1.165, 1.54) is 17.2 Å². The second kappa shape index (κ2) is 5.91. The average Bonchev–Trinajstić information content (AvgIpc) is 2.66. The molecule has 2 amide bonds. The maximum atomic E-state index is 13.2. The third-order valence-corrected chi connectivity index (χ3v) is 4.39. The molecule has 4 heteroatoms. The van der Waals surface area contributed by atoms with Crippen LogP contribution in [0.1, 0.15) is 31.8 Å². The van der Waals surface area contributed by atoms with Crippen LogP contribution >= 0.6 is 0 Å². The third-order valence-electron chi connectivity index (χ3n) is 4.39. The molecule has 0 saturated heterocycles. The van der Waals surface area contributed by atoms with Gasteiger partial charge in [0.2, 0.25) is 5.91 Å². The molecule has 0 fully saturated rings. The minimum absolute atomic E-state index is 0.204. The SMILES string of the molecule is NC(=O)c1cccc(C(=O)N2c3ccc(cc3)Cc3ccc2cc3)c1. The maximum absolute atomic E-state index is 13.2. The zero-order valence-corrected chi connectivity index (χ0v) is 13.5. The van der Waals surface area contributed by atoms with Gasteiger partial charge in [0.25, 0.3) is 5.91 Å². The van der Waals surface area contributed by atoms with Crippen LogP contribution in [0.15, 0.2) is 72.8 Å². The molecular weight excluding hydrogens is 312 g/mol. The van der Waals surface area contributed by atoms with E-state index in [9.17, 15) is 9.59 Å². The first kappa shape index (κ1) is 15.1. The Kier molecular flexibility index (Phi) is 3.58. The molecule has 0 unspecified atom stereocenters. The summed E-state index contributed by atoms with van der Waals surface area (Å²) in [5, 5.41) is 0. The molecule has 0 aliphatic carbocycles. The van der Waals surface area contributed by atoms with Crippen molar-refractivity contribution in [1.82, 2.24) is 0 Å². The van der Waals surface area contributed by atoms with Gasteiger partial charge in [-0.25, -0.2) is 0 Å². The van der Waals surface area contributed by atoms with Crippen molar-refractivity contribution in [2.45, 2.75) is 6.42 Å². The highest BCUT2D eigenvalue weighted by Gasteiger charge is 2.21. The van der Waals surface area contributed by atoms with Crippen molar-refractivity contribution in [1.29, 1.82) is 0 Å². The minimum Gasteiger partial charge on any atom is -0.366 e. The number of nitrogens with zero attached hydrogens (tertiary/aromatic N) is 1. The molecule has 4 heterocycles. The van der Waals surface area contributed by atoms with Crippen LogP contribution in [0.25, 0.3) is 0 Å². The summed E-state index contributed by atoms with van der Waals surface area (Å²) < 4.78 is 0. The monoisotopic (exact) mass is 328 g/mol. The van der Waals surface area contributed by atoms with E-state index in [-0.39, 0.29) is 5.91 Å². The Morgan fingerprint density at radius 1 is 0.760 bits per heavy atom. The highest BCUT2D eigenvalue weighted by molar-refractivity contribution is 6.11. The van der Waals surface area contributed by atoms with E-state index in [1.54, 1.807) is 23.1 Å². The predicted octanol–water partition coefficient (Wildman–Crippen LogP) is 3.67. The molecule has 25 heavy (non-hydrogen) atoms. The topological polar surface area (TPSA) is 63.4 Å². The van der Waals surface area contributed by atoms with Gasteiger partial charge in [-0.15, -0.1) is 0 Å². The summed E-state index contributed by atoms with van der Waals surface area (Å²) in [6, 6.07) is 22.4. The number of rotatable bonds is 2. The lowest BCUT2D eigenvalue weighted by Gasteiger charge is -2.25. The van der Waals surface area contributed by atoms with Gasteiger partial charge in [0.1, 0.15) is 0 Å². The van der Waals surface area contributed by atoms with Crippen molar-refractivity contribution in [3.05, 3.63) is 95.1 Å². The fourth-order valence-corrected chi connectivity index (χ4v) is 3.08. The van der Waals surface area contributed by atoms with Gasteiger partial charge in [0.15, 0.2) is 0 Å². The standard InChI is InChI=1S/C21H16N2O2/c22-20(24)16-2-1-3-17(13-16)21(25)23-18-8-4-14(5-9-18)12-15-6-10-19(23)11-7-15/h1-11,13H,12H2,(H2,22,24). The van der Waals surface area contributed by atoms with Crippen molar-refractivity contribution in [2.24, 2.45) is 5.73 Å². The van der Waals surface area contributed by atoms with Crippen LogP contribution in [-0.2, 0) is 6.42 Å². The van der Waals surface area contributed by atoms with E-state index in [2.05, 4.69) is 0 Å². The quantitative estimate of drug-likeness (QED) is 0.780. The summed E-state index contributed by atoms with van der Waals surface area (Å²) in [6.45, 7) is 0. The Labute approximate surface area is 145 Å². The van der Waals surface area contributed by atoms with E-state index in [1.807, 2.05) is 48.5 Å². The van der Waals surface area contributed by atoms with E-state index in [4.69, 9.17) is 5.73 Å². The zero-order chi connectivity index (χ0) is 17.4. The van der Waals surface area contributed by atoms with E-state index in [0.717, 1.165) is 17.8 Å². The molecule has 0 atom stereocenters. The summed E-state index contributed by atoms with van der Waals surface area (Å²) >= 11 is 0. The molecule has 4 bridgehead atoms. The van der Waals surface area contributed by atoms with Gasteiger partial charge in [0.05, 0.1) is 0 Å². The number of amides is 2. The number of anilines is 2. The largest absolute Gasteiger partial charge is 0.366 e. The molecule has 4 nitrogen and oxygen atoms in total. The van der Waals surface area contributed by atoms with Crippen LogP contribution in [0.3, 0.4) is 0 Å². The minimum atomic E-state index is -0.552. The van der Waals surface area contributed by atoms with Crippen molar-refractivity contribution in [2.75, 3.05) is 4.90 Å². The van der Waals surface area contributed by atoms with Gasteiger partial charge in [0, 0.05) is 22.5 Å². The van der Waals surface area contributed by atoms with Crippen LogP contribution in [0.5, 0.6) is 0 Å². The fraction of sp³-hybridized carbons (Fsp3) is 0.0476. The number of hydrogen-bond donors (Lipinski definition) is 1. The Balaban J connectivity index is 1.84. The molecule has 3 aromatic rings. The van der Waals surface area contributed by atoms with Crippen LogP contribution in [0.2, 0.25) is 0 Å². The fourth-order valence-electron chi connectivity index (χ4n) is 3.08. The van der Waals surface area contributed by atoms with Crippen LogP contribution in [0.4, 0.5) is 11.4 Å². The molecular formula is C21H16N2O2. The van der Waals surface area contributed by atoms with Gasteiger partial charge in [-0.3, -0.25) is 14.5 Å². The summed E-state index contributed by atoms with van der Waals surface area (Å²) in [6.07, 6.45) is 0.870. The molecule has 122 valence electrons. The molecule has 0 spiro atoms. The van der Waals surface area contributed by atoms with Crippen molar-refractivity contribution < 1.29 is 9.59 Å².